The van der Waals surface area contributed by atoms with Crippen LogP contribution in [0, 0.1) is 0 Å². The number of ether oxygens (including phenoxy) is 1. The van der Waals surface area contributed by atoms with E-state index in [4.69, 9.17) is 4.74 Å². The molecule has 0 radical (unpaired) electrons. The van der Waals surface area contributed by atoms with Crippen molar-refractivity contribution in [3.63, 3.8) is 0 Å². The van der Waals surface area contributed by atoms with Gasteiger partial charge in [0, 0.05) is 12.5 Å². The van der Waals surface area contributed by atoms with Crippen LogP contribution >= 0.6 is 0 Å². The molecule has 1 aromatic carbocycles. The summed E-state index contributed by atoms with van der Waals surface area (Å²) < 4.78 is 7.27. The summed E-state index contributed by atoms with van der Waals surface area (Å²) in [4.78, 5) is 16.8. The first-order valence-electron chi connectivity index (χ1n) is 7.72. The average Bonchev–Trinajstić information content (AvgIpc) is 2.86. The van der Waals surface area contributed by atoms with Gasteiger partial charge in [0.25, 0.3) is 5.56 Å². The molecule has 2 saturated heterocycles. The molecule has 2 aliphatic heterocycles. The van der Waals surface area contributed by atoms with E-state index < -0.39 is 5.79 Å². The second kappa shape index (κ2) is 5.15. The van der Waals surface area contributed by atoms with Crippen molar-refractivity contribution in [2.45, 2.75) is 43.7 Å². The minimum atomic E-state index is -1.30. The number of hydrogen-bond donors (Lipinski definition) is 2. The summed E-state index contributed by atoms with van der Waals surface area (Å²) in [7, 11) is 0. The number of hydrogen-bond acceptors (Lipinski definition) is 5. The van der Waals surface area contributed by atoms with E-state index in [2.05, 4.69) is 10.3 Å². The van der Waals surface area contributed by atoms with Gasteiger partial charge in [-0.15, -0.1) is 0 Å². The molecule has 2 aromatic rings. The quantitative estimate of drug-likeness (QED) is 0.851. The molecule has 2 aliphatic rings. The van der Waals surface area contributed by atoms with E-state index in [1.54, 1.807) is 12.1 Å². The summed E-state index contributed by atoms with van der Waals surface area (Å²) >= 11 is 0. The van der Waals surface area contributed by atoms with Crippen LogP contribution in [-0.4, -0.2) is 39.1 Å². The Hall–Kier alpha value is -1.76. The van der Waals surface area contributed by atoms with E-state index in [9.17, 15) is 9.90 Å². The monoisotopic (exact) mass is 301 g/mol. The third-order valence-corrected chi connectivity index (χ3v) is 4.58. The van der Waals surface area contributed by atoms with E-state index >= 15 is 0 Å². The van der Waals surface area contributed by atoms with Crippen molar-refractivity contribution in [3.05, 3.63) is 40.9 Å². The predicted molar refractivity (Wildman–Crippen MR) is 81.5 cm³/mol. The van der Waals surface area contributed by atoms with E-state index in [0.717, 1.165) is 19.4 Å². The molecular formula is C16H19N3O3. The number of rotatable bonds is 2. The van der Waals surface area contributed by atoms with Crippen LogP contribution in [0.2, 0.25) is 0 Å². The van der Waals surface area contributed by atoms with Crippen molar-refractivity contribution in [1.29, 1.82) is 0 Å². The summed E-state index contributed by atoms with van der Waals surface area (Å²) in [6, 6.07) is 7.39. The van der Waals surface area contributed by atoms with Gasteiger partial charge >= 0.3 is 0 Å². The van der Waals surface area contributed by atoms with Gasteiger partial charge in [-0.1, -0.05) is 12.1 Å². The molecule has 3 atom stereocenters. The topological polar surface area (TPSA) is 76.4 Å². The highest BCUT2D eigenvalue weighted by Gasteiger charge is 2.46. The first-order chi connectivity index (χ1) is 10.6. The average molecular weight is 301 g/mol. The highest BCUT2D eigenvalue weighted by molar-refractivity contribution is 5.76. The minimum absolute atomic E-state index is 0.0304. The SMILES string of the molecule is O=c1c2ccccc2ncn1C[C@]1(O)CC2NCCCC2O1. The Morgan fingerprint density at radius 1 is 1.45 bits per heavy atom. The van der Waals surface area contributed by atoms with Crippen LogP contribution in [-0.2, 0) is 11.3 Å². The van der Waals surface area contributed by atoms with Gasteiger partial charge in [-0.25, -0.2) is 4.98 Å². The number of nitrogens with zero attached hydrogens (tertiary/aromatic N) is 2. The largest absolute Gasteiger partial charge is 0.364 e. The molecule has 0 spiro atoms. The molecule has 0 aliphatic carbocycles. The fourth-order valence-corrected chi connectivity index (χ4v) is 3.53. The van der Waals surface area contributed by atoms with Crippen LogP contribution in [0.1, 0.15) is 19.3 Å². The lowest BCUT2D eigenvalue weighted by Crippen LogP contribution is -2.41. The molecular weight excluding hydrogens is 282 g/mol. The Kier molecular flexibility index (Phi) is 3.25. The normalized spacial score (nSPS) is 31.3. The molecule has 1 aromatic heterocycles. The zero-order chi connectivity index (χ0) is 15.2. The number of piperidine rings is 1. The van der Waals surface area contributed by atoms with Crippen LogP contribution in [0.15, 0.2) is 35.4 Å². The third-order valence-electron chi connectivity index (χ3n) is 4.58. The van der Waals surface area contributed by atoms with Gasteiger partial charge in [-0.2, -0.15) is 0 Å². The Morgan fingerprint density at radius 2 is 2.32 bits per heavy atom. The van der Waals surface area contributed by atoms with Gasteiger partial charge in [-0.05, 0) is 31.5 Å². The number of para-hydroxylation sites is 1. The predicted octanol–water partition coefficient (Wildman–Crippen LogP) is 0.626. The standard InChI is InChI=1S/C16H19N3O3/c20-15-11-4-1-2-5-12(11)18-10-19(15)9-16(21)8-13-14(22-16)6-3-7-17-13/h1-2,4-5,10,13-14,17,21H,3,6-9H2/t13?,14?,16-/m0/s1. The second-order valence-electron chi connectivity index (χ2n) is 6.20. The molecule has 22 heavy (non-hydrogen) atoms. The number of fused-ring (bicyclic) bond motifs is 2. The van der Waals surface area contributed by atoms with Crippen molar-refractivity contribution in [1.82, 2.24) is 14.9 Å². The Bertz CT molecular complexity index is 744. The number of benzene rings is 1. The van der Waals surface area contributed by atoms with Crippen molar-refractivity contribution >= 4 is 10.9 Å². The lowest BCUT2D eigenvalue weighted by Gasteiger charge is -2.25. The maximum atomic E-state index is 12.5. The second-order valence-corrected chi connectivity index (χ2v) is 6.20. The zero-order valence-electron chi connectivity index (χ0n) is 12.2. The summed E-state index contributed by atoms with van der Waals surface area (Å²) in [6.07, 6.45) is 4.01. The van der Waals surface area contributed by atoms with E-state index in [1.165, 1.54) is 10.9 Å². The molecule has 0 bridgehead atoms. The molecule has 6 heteroatoms. The molecule has 2 fully saturated rings. The van der Waals surface area contributed by atoms with Crippen LogP contribution in [0.3, 0.4) is 0 Å². The van der Waals surface area contributed by atoms with Gasteiger partial charge < -0.3 is 15.2 Å². The van der Waals surface area contributed by atoms with Crippen molar-refractivity contribution < 1.29 is 9.84 Å². The van der Waals surface area contributed by atoms with Gasteiger partial charge in [0.05, 0.1) is 29.9 Å². The number of aromatic nitrogens is 2. The summed E-state index contributed by atoms with van der Waals surface area (Å²) in [6.45, 7) is 1.07. The van der Waals surface area contributed by atoms with E-state index in [-0.39, 0.29) is 24.2 Å². The Morgan fingerprint density at radius 3 is 3.18 bits per heavy atom. The fourth-order valence-electron chi connectivity index (χ4n) is 3.53. The molecule has 3 heterocycles. The van der Waals surface area contributed by atoms with Crippen LogP contribution in [0.5, 0.6) is 0 Å². The lowest BCUT2D eigenvalue weighted by molar-refractivity contribution is -0.202. The highest BCUT2D eigenvalue weighted by Crippen LogP contribution is 2.33. The molecule has 2 unspecified atom stereocenters. The van der Waals surface area contributed by atoms with Crippen LogP contribution in [0.4, 0.5) is 0 Å². The summed E-state index contributed by atoms with van der Waals surface area (Å²) in [5.41, 5.74) is 0.517. The number of aliphatic hydroxyl groups is 1. The molecule has 2 N–H and O–H groups in total. The van der Waals surface area contributed by atoms with Gasteiger partial charge in [0.2, 0.25) is 0 Å². The molecule has 0 amide bonds. The first-order valence-corrected chi connectivity index (χ1v) is 7.72. The maximum Gasteiger partial charge on any atom is 0.261 e. The molecule has 4 rings (SSSR count). The van der Waals surface area contributed by atoms with Crippen molar-refractivity contribution in [2.24, 2.45) is 0 Å². The summed E-state index contributed by atoms with van der Waals surface area (Å²) in [5.74, 6) is -1.30. The van der Waals surface area contributed by atoms with Gasteiger partial charge in [0.1, 0.15) is 0 Å². The highest BCUT2D eigenvalue weighted by atomic mass is 16.6. The zero-order valence-corrected chi connectivity index (χ0v) is 12.2. The van der Waals surface area contributed by atoms with Crippen molar-refractivity contribution in [3.8, 4) is 0 Å². The Balaban J connectivity index is 1.63. The Labute approximate surface area is 127 Å². The maximum absolute atomic E-state index is 12.5. The minimum Gasteiger partial charge on any atom is -0.364 e. The van der Waals surface area contributed by atoms with Crippen LogP contribution < -0.4 is 10.9 Å². The number of nitrogens with one attached hydrogen (secondary N) is 1. The van der Waals surface area contributed by atoms with Gasteiger partial charge in [-0.3, -0.25) is 9.36 Å². The smallest absolute Gasteiger partial charge is 0.261 e. The molecule has 6 nitrogen and oxygen atoms in total. The molecule has 0 saturated carbocycles. The fraction of sp³-hybridized carbons (Fsp3) is 0.500. The molecule has 116 valence electrons. The third kappa shape index (κ3) is 2.33. The van der Waals surface area contributed by atoms with E-state index in [1.807, 2.05) is 12.1 Å². The van der Waals surface area contributed by atoms with Gasteiger partial charge in [0.15, 0.2) is 5.79 Å². The van der Waals surface area contributed by atoms with E-state index in [0.29, 0.717) is 17.3 Å². The van der Waals surface area contributed by atoms with Crippen molar-refractivity contribution in [2.75, 3.05) is 6.54 Å². The first kappa shape index (κ1) is 13.9. The van der Waals surface area contributed by atoms with Crippen LogP contribution in [0.25, 0.3) is 10.9 Å². The summed E-state index contributed by atoms with van der Waals surface area (Å²) in [5, 5.41) is 14.7. The lowest BCUT2D eigenvalue weighted by atomic mass is 9.99.